The molecule has 2 heterocycles. The minimum Gasteiger partial charge on any atom is -0.352 e. The molecule has 25 heavy (non-hydrogen) atoms. The van der Waals surface area contributed by atoms with Crippen molar-refractivity contribution in [2.45, 2.75) is 37.0 Å². The molecule has 0 bridgehead atoms. The number of piperidine rings is 1. The van der Waals surface area contributed by atoms with E-state index in [1.54, 1.807) is 18.2 Å². The van der Waals surface area contributed by atoms with Gasteiger partial charge in [-0.25, -0.2) is 8.42 Å². The second-order valence-electron chi connectivity index (χ2n) is 6.90. The predicted octanol–water partition coefficient (Wildman–Crippen LogP) is 1.59. The molecule has 1 amide bonds. The number of benzene rings is 1. The molecule has 2 N–H and O–H groups in total. The van der Waals surface area contributed by atoms with Crippen LogP contribution in [0.4, 0.5) is 0 Å². The van der Waals surface area contributed by atoms with Crippen LogP contribution >= 0.6 is 0 Å². The van der Waals surface area contributed by atoms with Crippen LogP contribution < -0.4 is 10.6 Å². The van der Waals surface area contributed by atoms with E-state index in [1.165, 1.54) is 10.4 Å². The van der Waals surface area contributed by atoms with Gasteiger partial charge < -0.3 is 10.6 Å². The van der Waals surface area contributed by atoms with Crippen molar-refractivity contribution in [2.75, 3.05) is 32.7 Å². The largest absolute Gasteiger partial charge is 0.352 e. The normalized spacial score (nSPS) is 22.0. The molecule has 2 fully saturated rings. The highest BCUT2D eigenvalue weighted by Gasteiger charge is 2.26. The molecule has 0 spiro atoms. The smallest absolute Gasteiger partial charge is 0.251 e. The third-order valence-electron chi connectivity index (χ3n) is 5.05. The summed E-state index contributed by atoms with van der Waals surface area (Å²) in [5.74, 6) is 0.410. The van der Waals surface area contributed by atoms with Gasteiger partial charge in [0, 0.05) is 25.2 Å². The molecule has 2 aliphatic heterocycles. The first-order chi connectivity index (χ1) is 12.1. The van der Waals surface area contributed by atoms with E-state index in [4.69, 9.17) is 0 Å². The van der Waals surface area contributed by atoms with Crippen molar-refractivity contribution in [3.63, 3.8) is 0 Å². The van der Waals surface area contributed by atoms with Gasteiger partial charge in [0.1, 0.15) is 0 Å². The molecule has 1 aromatic rings. The Labute approximate surface area is 150 Å². The summed E-state index contributed by atoms with van der Waals surface area (Å²) in [6.45, 7) is 3.81. The predicted molar refractivity (Wildman–Crippen MR) is 97.0 cm³/mol. The summed E-state index contributed by atoms with van der Waals surface area (Å²) in [5, 5.41) is 6.22. The monoisotopic (exact) mass is 365 g/mol. The minimum atomic E-state index is -3.51. The summed E-state index contributed by atoms with van der Waals surface area (Å²) < 4.78 is 27.0. The Kier molecular flexibility index (Phi) is 6.09. The van der Waals surface area contributed by atoms with Crippen LogP contribution in [0.3, 0.4) is 0 Å². The Balaban J connectivity index is 1.62. The number of hydrogen-bond donors (Lipinski definition) is 2. The van der Waals surface area contributed by atoms with Crippen LogP contribution in [-0.2, 0) is 10.0 Å². The molecule has 1 aromatic carbocycles. The van der Waals surface area contributed by atoms with Crippen LogP contribution in [0.15, 0.2) is 29.2 Å². The maximum Gasteiger partial charge on any atom is 0.251 e. The maximum absolute atomic E-state index is 12.7. The molecule has 3 rings (SSSR count). The Morgan fingerprint density at radius 2 is 2.04 bits per heavy atom. The number of nitrogens with zero attached hydrogens (tertiary/aromatic N) is 1. The van der Waals surface area contributed by atoms with Gasteiger partial charge >= 0.3 is 0 Å². The number of hydrogen-bond acceptors (Lipinski definition) is 4. The summed E-state index contributed by atoms with van der Waals surface area (Å²) >= 11 is 0. The van der Waals surface area contributed by atoms with Crippen molar-refractivity contribution in [1.29, 1.82) is 0 Å². The Morgan fingerprint density at radius 3 is 2.76 bits per heavy atom. The SMILES string of the molecule is O=C(NCCC1CCNC1)c1cccc(S(=O)(=O)N2CCCCC2)c1. The van der Waals surface area contributed by atoms with E-state index in [-0.39, 0.29) is 10.8 Å². The second-order valence-corrected chi connectivity index (χ2v) is 8.83. The molecule has 1 atom stereocenters. The van der Waals surface area contributed by atoms with Crippen molar-refractivity contribution >= 4 is 15.9 Å². The lowest BCUT2D eigenvalue weighted by Crippen LogP contribution is -2.35. The van der Waals surface area contributed by atoms with Crippen molar-refractivity contribution < 1.29 is 13.2 Å². The fourth-order valence-electron chi connectivity index (χ4n) is 3.50. The average Bonchev–Trinajstić information content (AvgIpc) is 3.16. The molecule has 2 aliphatic rings. The lowest BCUT2D eigenvalue weighted by Gasteiger charge is -2.26. The molecular formula is C18H27N3O3S. The number of amides is 1. The lowest BCUT2D eigenvalue weighted by molar-refractivity contribution is 0.0951. The Hall–Kier alpha value is -1.44. The third-order valence-corrected chi connectivity index (χ3v) is 6.94. The van der Waals surface area contributed by atoms with E-state index in [0.717, 1.165) is 45.2 Å². The third kappa shape index (κ3) is 4.59. The molecular weight excluding hydrogens is 338 g/mol. The number of carbonyl (C=O) groups is 1. The first-order valence-corrected chi connectivity index (χ1v) is 10.6. The van der Waals surface area contributed by atoms with E-state index >= 15 is 0 Å². The van der Waals surface area contributed by atoms with Crippen LogP contribution in [0, 0.1) is 5.92 Å². The minimum absolute atomic E-state index is 0.207. The number of nitrogens with one attached hydrogen (secondary N) is 2. The fourth-order valence-corrected chi connectivity index (χ4v) is 5.07. The Bertz CT molecular complexity index is 693. The van der Waals surface area contributed by atoms with Crippen LogP contribution in [0.2, 0.25) is 0 Å². The van der Waals surface area contributed by atoms with Crippen molar-refractivity contribution in [3.8, 4) is 0 Å². The van der Waals surface area contributed by atoms with Crippen LogP contribution in [-0.4, -0.2) is 51.4 Å². The van der Waals surface area contributed by atoms with Gasteiger partial charge in [-0.1, -0.05) is 12.5 Å². The van der Waals surface area contributed by atoms with E-state index < -0.39 is 10.0 Å². The van der Waals surface area contributed by atoms with E-state index in [9.17, 15) is 13.2 Å². The van der Waals surface area contributed by atoms with Gasteiger partial charge in [0.2, 0.25) is 10.0 Å². The number of carbonyl (C=O) groups excluding carboxylic acids is 1. The van der Waals surface area contributed by atoms with E-state index in [0.29, 0.717) is 31.1 Å². The number of rotatable bonds is 6. The molecule has 7 heteroatoms. The lowest BCUT2D eigenvalue weighted by atomic mass is 10.1. The first kappa shape index (κ1) is 18.4. The quantitative estimate of drug-likeness (QED) is 0.802. The zero-order valence-electron chi connectivity index (χ0n) is 14.5. The fraction of sp³-hybridized carbons (Fsp3) is 0.611. The highest BCUT2D eigenvalue weighted by Crippen LogP contribution is 2.21. The van der Waals surface area contributed by atoms with Gasteiger partial charge in [-0.05, 0) is 62.9 Å². The summed E-state index contributed by atoms with van der Waals surface area (Å²) in [7, 11) is -3.51. The topological polar surface area (TPSA) is 78.5 Å². The van der Waals surface area contributed by atoms with Gasteiger partial charge in [0.05, 0.1) is 4.90 Å². The van der Waals surface area contributed by atoms with Crippen molar-refractivity contribution in [2.24, 2.45) is 5.92 Å². The highest BCUT2D eigenvalue weighted by molar-refractivity contribution is 7.89. The standard InChI is InChI=1S/C18H27N3O3S/c22-18(20-10-8-15-7-9-19-14-15)16-5-4-6-17(13-16)25(23,24)21-11-2-1-3-12-21/h4-6,13,15,19H,1-3,7-12,14H2,(H,20,22). The van der Waals surface area contributed by atoms with Gasteiger partial charge in [0.25, 0.3) is 5.91 Å². The molecule has 1 unspecified atom stereocenters. The molecule has 138 valence electrons. The summed E-state index contributed by atoms with van der Waals surface area (Å²) in [6.07, 6.45) is 4.97. The highest BCUT2D eigenvalue weighted by atomic mass is 32.2. The molecule has 2 saturated heterocycles. The molecule has 6 nitrogen and oxygen atoms in total. The summed E-state index contributed by atoms with van der Waals surface area (Å²) in [4.78, 5) is 12.5. The van der Waals surface area contributed by atoms with Crippen molar-refractivity contribution in [1.82, 2.24) is 14.9 Å². The van der Waals surface area contributed by atoms with Crippen LogP contribution in [0.25, 0.3) is 0 Å². The van der Waals surface area contributed by atoms with Crippen LogP contribution in [0.1, 0.15) is 42.5 Å². The van der Waals surface area contributed by atoms with Gasteiger partial charge in [-0.3, -0.25) is 4.79 Å². The first-order valence-electron chi connectivity index (χ1n) is 9.16. The van der Waals surface area contributed by atoms with Crippen LogP contribution in [0.5, 0.6) is 0 Å². The van der Waals surface area contributed by atoms with E-state index in [1.807, 2.05) is 0 Å². The summed E-state index contributed by atoms with van der Waals surface area (Å²) in [6, 6.07) is 6.38. The Morgan fingerprint density at radius 1 is 1.24 bits per heavy atom. The molecule has 0 aromatic heterocycles. The zero-order valence-corrected chi connectivity index (χ0v) is 15.4. The summed E-state index contributed by atoms with van der Waals surface area (Å²) in [5.41, 5.74) is 0.405. The van der Waals surface area contributed by atoms with Crippen molar-refractivity contribution in [3.05, 3.63) is 29.8 Å². The molecule has 0 radical (unpaired) electrons. The number of sulfonamides is 1. The maximum atomic E-state index is 12.7. The van der Waals surface area contributed by atoms with Gasteiger partial charge in [0.15, 0.2) is 0 Å². The van der Waals surface area contributed by atoms with E-state index in [2.05, 4.69) is 10.6 Å². The van der Waals surface area contributed by atoms with Gasteiger partial charge in [-0.2, -0.15) is 4.31 Å². The molecule has 0 saturated carbocycles. The second kappa shape index (κ2) is 8.29. The van der Waals surface area contributed by atoms with Gasteiger partial charge in [-0.15, -0.1) is 0 Å². The molecule has 0 aliphatic carbocycles. The zero-order chi connectivity index (χ0) is 17.7. The average molecular weight is 365 g/mol.